The molecule has 0 aliphatic heterocycles. The first kappa shape index (κ1) is 25.4. The molecule has 1 aliphatic rings. The predicted molar refractivity (Wildman–Crippen MR) is 135 cm³/mol. The summed E-state index contributed by atoms with van der Waals surface area (Å²) in [6.07, 6.45) is 20.2. The normalized spacial score (nSPS) is 17.2. The quantitative estimate of drug-likeness (QED) is 0.273. The second-order valence-electron chi connectivity index (χ2n) is 7.93. The third kappa shape index (κ3) is 8.82. The van der Waals surface area contributed by atoms with Gasteiger partial charge in [0, 0.05) is 17.8 Å². The van der Waals surface area contributed by atoms with E-state index in [1.54, 1.807) is 0 Å². The van der Waals surface area contributed by atoms with Crippen LogP contribution in [0.2, 0.25) is 0 Å². The Morgan fingerprint density at radius 3 is 2.27 bits per heavy atom. The van der Waals surface area contributed by atoms with Crippen LogP contribution in [0.15, 0.2) is 101 Å². The van der Waals surface area contributed by atoms with E-state index in [2.05, 4.69) is 57.1 Å². The number of nitrogens with zero attached hydrogens (tertiary/aromatic N) is 1. The number of rotatable bonds is 11. The van der Waals surface area contributed by atoms with Gasteiger partial charge in [0.2, 0.25) is 0 Å². The monoisotopic (exact) mass is 404 g/mol. The van der Waals surface area contributed by atoms with Crippen molar-refractivity contribution in [3.05, 3.63) is 96.1 Å². The fourth-order valence-corrected chi connectivity index (χ4v) is 3.34. The molecule has 0 heterocycles. The van der Waals surface area contributed by atoms with Crippen LogP contribution < -0.4 is 5.32 Å². The summed E-state index contributed by atoms with van der Waals surface area (Å²) in [5.41, 5.74) is 7.11. The Labute approximate surface area is 185 Å². The number of nitrogens with one attached hydrogen (secondary N) is 1. The molecule has 0 bridgehead atoms. The molecule has 0 aromatic rings. The number of hydrogen-bond donors (Lipinski definition) is 1. The van der Waals surface area contributed by atoms with Crippen molar-refractivity contribution in [1.29, 1.82) is 0 Å². The van der Waals surface area contributed by atoms with Gasteiger partial charge in [0.25, 0.3) is 0 Å². The Hall–Kier alpha value is -2.61. The summed E-state index contributed by atoms with van der Waals surface area (Å²) in [4.78, 5) is 4.95. The number of hydrogen-bond acceptors (Lipinski definition) is 2. The minimum absolute atomic E-state index is 0.594. The summed E-state index contributed by atoms with van der Waals surface area (Å²) >= 11 is 0. The smallest absolute Gasteiger partial charge is 0.0604 e. The molecular weight excluding hydrogens is 364 g/mol. The molecule has 1 saturated carbocycles. The van der Waals surface area contributed by atoms with Gasteiger partial charge in [-0.25, -0.2) is 0 Å². The Morgan fingerprint density at radius 1 is 1.00 bits per heavy atom. The lowest BCUT2D eigenvalue weighted by atomic mass is 9.91. The van der Waals surface area contributed by atoms with Gasteiger partial charge < -0.3 is 5.32 Å². The highest BCUT2D eigenvalue weighted by Crippen LogP contribution is 2.35. The van der Waals surface area contributed by atoms with Gasteiger partial charge in [-0.1, -0.05) is 74.6 Å². The molecule has 0 amide bonds. The van der Waals surface area contributed by atoms with Crippen molar-refractivity contribution in [2.24, 2.45) is 10.9 Å². The van der Waals surface area contributed by atoms with E-state index in [9.17, 15) is 0 Å². The average molecular weight is 405 g/mol. The molecule has 2 nitrogen and oxygen atoms in total. The van der Waals surface area contributed by atoms with Crippen LogP contribution in [0.4, 0.5) is 0 Å². The molecule has 1 rings (SSSR count). The van der Waals surface area contributed by atoms with Gasteiger partial charge in [0.15, 0.2) is 0 Å². The molecule has 0 aromatic carbocycles. The number of allylic oxidation sites excluding steroid dienone is 11. The highest BCUT2D eigenvalue weighted by molar-refractivity contribution is 5.98. The SMILES string of the molecule is C=C(/C=C\C(C)=C/C)NC(=C)/C(C)=N/C(C/C=C\C=C/C)=C(/C)C(=C)C1CCCC1. The van der Waals surface area contributed by atoms with Crippen LogP contribution in [0.25, 0.3) is 0 Å². The molecular formula is C28H40N2. The first-order valence-electron chi connectivity index (χ1n) is 11.0. The van der Waals surface area contributed by atoms with Crippen molar-refractivity contribution in [2.45, 2.75) is 66.7 Å². The van der Waals surface area contributed by atoms with Crippen molar-refractivity contribution < 1.29 is 0 Å². The Morgan fingerprint density at radius 2 is 1.67 bits per heavy atom. The highest BCUT2D eigenvalue weighted by Gasteiger charge is 2.20. The number of aliphatic imine (C=N–C) groups is 1. The van der Waals surface area contributed by atoms with Crippen molar-refractivity contribution in [1.82, 2.24) is 5.32 Å². The molecule has 0 atom stereocenters. The van der Waals surface area contributed by atoms with Gasteiger partial charge in [0.05, 0.1) is 11.4 Å². The fraction of sp³-hybridized carbons (Fsp3) is 0.393. The molecule has 162 valence electrons. The summed E-state index contributed by atoms with van der Waals surface area (Å²) in [7, 11) is 0. The summed E-state index contributed by atoms with van der Waals surface area (Å²) in [6.45, 7) is 22.9. The molecule has 1 aliphatic carbocycles. The summed E-state index contributed by atoms with van der Waals surface area (Å²) < 4.78 is 0. The van der Waals surface area contributed by atoms with E-state index in [0.29, 0.717) is 5.92 Å². The van der Waals surface area contributed by atoms with Crippen LogP contribution in [0, 0.1) is 5.92 Å². The lowest BCUT2D eigenvalue weighted by Gasteiger charge is -2.17. The second kappa shape index (κ2) is 13.6. The first-order chi connectivity index (χ1) is 14.3. The van der Waals surface area contributed by atoms with Crippen LogP contribution in [-0.2, 0) is 0 Å². The Bertz CT molecular complexity index is 804. The van der Waals surface area contributed by atoms with Crippen molar-refractivity contribution in [2.75, 3.05) is 0 Å². The van der Waals surface area contributed by atoms with Crippen molar-refractivity contribution in [3.63, 3.8) is 0 Å². The van der Waals surface area contributed by atoms with E-state index in [1.165, 1.54) is 42.4 Å². The largest absolute Gasteiger partial charge is 0.355 e. The Kier molecular flexibility index (Phi) is 11.5. The van der Waals surface area contributed by atoms with Gasteiger partial charge in [0.1, 0.15) is 0 Å². The molecule has 0 radical (unpaired) electrons. The van der Waals surface area contributed by atoms with Gasteiger partial charge in [-0.15, -0.1) is 0 Å². The zero-order valence-corrected chi connectivity index (χ0v) is 19.7. The molecule has 0 unspecified atom stereocenters. The highest BCUT2D eigenvalue weighted by atomic mass is 14.9. The van der Waals surface area contributed by atoms with Gasteiger partial charge in [-0.3, -0.25) is 4.99 Å². The van der Waals surface area contributed by atoms with E-state index in [4.69, 9.17) is 4.99 Å². The van der Waals surface area contributed by atoms with E-state index in [1.807, 2.05) is 45.1 Å². The first-order valence-corrected chi connectivity index (χ1v) is 11.0. The summed E-state index contributed by atoms with van der Waals surface area (Å²) in [5, 5.41) is 3.26. The summed E-state index contributed by atoms with van der Waals surface area (Å²) in [6, 6.07) is 0. The van der Waals surface area contributed by atoms with Gasteiger partial charge in [-0.05, 0) is 70.6 Å². The van der Waals surface area contributed by atoms with Crippen LogP contribution in [0.1, 0.15) is 66.7 Å². The third-order valence-corrected chi connectivity index (χ3v) is 5.57. The van der Waals surface area contributed by atoms with Crippen LogP contribution in [0.5, 0.6) is 0 Å². The van der Waals surface area contributed by atoms with Crippen LogP contribution in [0.3, 0.4) is 0 Å². The van der Waals surface area contributed by atoms with Gasteiger partial charge in [-0.2, -0.15) is 0 Å². The van der Waals surface area contributed by atoms with Crippen molar-refractivity contribution >= 4 is 5.71 Å². The molecule has 2 heteroatoms. The minimum atomic E-state index is 0.594. The molecule has 0 spiro atoms. The van der Waals surface area contributed by atoms with Gasteiger partial charge >= 0.3 is 0 Å². The zero-order valence-electron chi connectivity index (χ0n) is 19.7. The summed E-state index contributed by atoms with van der Waals surface area (Å²) in [5.74, 6) is 0.594. The molecule has 0 aromatic heterocycles. The van der Waals surface area contributed by atoms with Crippen molar-refractivity contribution in [3.8, 4) is 0 Å². The maximum Gasteiger partial charge on any atom is 0.0604 e. The predicted octanol–water partition coefficient (Wildman–Crippen LogP) is 8.13. The topological polar surface area (TPSA) is 24.4 Å². The zero-order chi connectivity index (χ0) is 22.5. The van der Waals surface area contributed by atoms with E-state index in [-0.39, 0.29) is 0 Å². The Balaban J connectivity index is 3.04. The maximum atomic E-state index is 4.95. The maximum absolute atomic E-state index is 4.95. The minimum Gasteiger partial charge on any atom is -0.355 e. The lowest BCUT2D eigenvalue weighted by molar-refractivity contribution is 0.649. The van der Waals surface area contributed by atoms with E-state index < -0.39 is 0 Å². The lowest BCUT2D eigenvalue weighted by Crippen LogP contribution is -2.16. The second-order valence-corrected chi connectivity index (χ2v) is 7.93. The standard InChI is InChI=1S/C28H40N2/c1-9-11-12-13-18-28(24(6)23(5)27-16-14-15-17-27)30-26(8)25(7)29-22(4)20-19-21(3)10-2/h9-13,19-20,27,29H,4-5,7,14-18H2,1-3,6,8H3/b11-9-,13-12-,20-19-,21-10-,28-24-,30-26+. The molecule has 30 heavy (non-hydrogen) atoms. The molecule has 0 saturated heterocycles. The molecule has 1 N–H and O–H groups in total. The third-order valence-electron chi connectivity index (χ3n) is 5.57. The van der Waals surface area contributed by atoms with Crippen LogP contribution in [-0.4, -0.2) is 5.71 Å². The average Bonchev–Trinajstić information content (AvgIpc) is 3.27. The van der Waals surface area contributed by atoms with E-state index in [0.717, 1.165) is 29.2 Å². The van der Waals surface area contributed by atoms with Crippen LogP contribution >= 0.6 is 0 Å². The fourth-order valence-electron chi connectivity index (χ4n) is 3.34. The van der Waals surface area contributed by atoms with E-state index >= 15 is 0 Å². The molecule has 1 fully saturated rings.